The van der Waals surface area contributed by atoms with Crippen LogP contribution in [0.5, 0.6) is 0 Å². The highest BCUT2D eigenvalue weighted by molar-refractivity contribution is 6.35. The molecule has 0 bridgehead atoms. The smallest absolute Gasteiger partial charge is 0.257 e. The fourth-order valence-corrected chi connectivity index (χ4v) is 3.85. The lowest BCUT2D eigenvalue weighted by molar-refractivity contribution is 0.0788. The molecule has 0 aliphatic rings. The second-order valence-electron chi connectivity index (χ2n) is 7.86. The number of carbonyl (C=O) groups is 1. The molecule has 4 rings (SSSR count). The summed E-state index contributed by atoms with van der Waals surface area (Å²) in [5.74, 6) is -1.78. The maximum Gasteiger partial charge on any atom is 0.257 e. The van der Waals surface area contributed by atoms with Gasteiger partial charge in [-0.05, 0) is 55.3 Å². The summed E-state index contributed by atoms with van der Waals surface area (Å²) >= 11 is 12.5. The summed E-state index contributed by atoms with van der Waals surface area (Å²) in [5, 5.41) is 21.0. The quantitative estimate of drug-likeness (QED) is 0.380. The van der Waals surface area contributed by atoms with Gasteiger partial charge in [-0.15, -0.1) is 4.80 Å². The largest absolute Gasteiger partial charge is 0.386 e. The maximum atomic E-state index is 15.1. The molecule has 2 heterocycles. The standard InChI is InChI=1S/C23H17Cl2F2N5O2/c1-23(2,34)17-7-12(26)3-4-14(17)15-9-18(24)16(10-20(15)27)22(33)31-13-8-19(25)21(28-11-13)32-29-5-6-30-32/h3-11,34H,1-2H3,(H,31,33). The zero-order chi connectivity index (χ0) is 24.6. The number of amides is 1. The van der Waals surface area contributed by atoms with Gasteiger partial charge in [-0.25, -0.2) is 13.8 Å². The van der Waals surface area contributed by atoms with Gasteiger partial charge in [0.1, 0.15) is 11.6 Å². The maximum absolute atomic E-state index is 15.1. The van der Waals surface area contributed by atoms with E-state index < -0.39 is 23.1 Å². The topological polar surface area (TPSA) is 92.9 Å². The van der Waals surface area contributed by atoms with Gasteiger partial charge < -0.3 is 10.4 Å². The number of aromatic nitrogens is 4. The molecule has 0 aliphatic heterocycles. The minimum absolute atomic E-state index is 0.0134. The number of benzene rings is 2. The van der Waals surface area contributed by atoms with Crippen molar-refractivity contribution >= 4 is 34.8 Å². The van der Waals surface area contributed by atoms with Gasteiger partial charge in [-0.1, -0.05) is 29.3 Å². The number of carbonyl (C=O) groups excluding carboxylic acids is 1. The molecule has 2 aromatic heterocycles. The third kappa shape index (κ3) is 4.77. The molecule has 0 fully saturated rings. The van der Waals surface area contributed by atoms with Crippen molar-refractivity contribution in [1.29, 1.82) is 0 Å². The van der Waals surface area contributed by atoms with E-state index in [0.717, 1.165) is 18.2 Å². The van der Waals surface area contributed by atoms with Crippen LogP contribution in [0.15, 0.2) is 55.0 Å². The van der Waals surface area contributed by atoms with Crippen LogP contribution in [0.25, 0.3) is 16.9 Å². The molecule has 0 radical (unpaired) electrons. The summed E-state index contributed by atoms with van der Waals surface area (Å²) in [6.45, 7) is 2.92. The number of nitrogens with one attached hydrogen (secondary N) is 1. The predicted molar refractivity (Wildman–Crippen MR) is 124 cm³/mol. The zero-order valence-corrected chi connectivity index (χ0v) is 19.4. The summed E-state index contributed by atoms with van der Waals surface area (Å²) in [5.41, 5.74) is -0.903. The minimum Gasteiger partial charge on any atom is -0.386 e. The lowest BCUT2D eigenvalue weighted by Gasteiger charge is -2.22. The minimum atomic E-state index is -1.45. The van der Waals surface area contributed by atoms with Crippen LogP contribution in [0.4, 0.5) is 14.5 Å². The van der Waals surface area contributed by atoms with Crippen LogP contribution in [0, 0.1) is 11.6 Å². The molecule has 2 aromatic carbocycles. The lowest BCUT2D eigenvalue weighted by Crippen LogP contribution is -2.18. The molecule has 0 atom stereocenters. The number of nitrogens with zero attached hydrogens (tertiary/aromatic N) is 4. The number of pyridine rings is 1. The Labute approximate surface area is 203 Å². The second-order valence-corrected chi connectivity index (χ2v) is 8.68. The molecule has 174 valence electrons. The highest BCUT2D eigenvalue weighted by Crippen LogP contribution is 2.36. The first-order valence-corrected chi connectivity index (χ1v) is 10.7. The Morgan fingerprint density at radius 1 is 1.03 bits per heavy atom. The van der Waals surface area contributed by atoms with E-state index in [0.29, 0.717) is 0 Å². The average molecular weight is 504 g/mol. The van der Waals surface area contributed by atoms with E-state index in [1.807, 2.05) is 0 Å². The number of hydrogen-bond donors (Lipinski definition) is 2. The predicted octanol–water partition coefficient (Wildman–Crippen LogP) is 5.39. The molecule has 0 saturated carbocycles. The first-order chi connectivity index (χ1) is 16.0. The molecule has 2 N–H and O–H groups in total. The molecule has 0 unspecified atom stereocenters. The number of aliphatic hydroxyl groups is 1. The Morgan fingerprint density at radius 3 is 2.38 bits per heavy atom. The monoisotopic (exact) mass is 503 g/mol. The van der Waals surface area contributed by atoms with Gasteiger partial charge in [-0.3, -0.25) is 4.79 Å². The Balaban J connectivity index is 1.64. The first kappa shape index (κ1) is 23.7. The fourth-order valence-electron chi connectivity index (χ4n) is 3.35. The summed E-state index contributed by atoms with van der Waals surface area (Å²) in [6.07, 6.45) is 4.27. The SMILES string of the molecule is CC(C)(O)c1cc(F)ccc1-c1cc(Cl)c(C(=O)Nc2cnc(-n3nccn3)c(Cl)c2)cc1F. The molecule has 0 spiro atoms. The van der Waals surface area contributed by atoms with Crippen molar-refractivity contribution in [2.45, 2.75) is 19.4 Å². The Kier molecular flexibility index (Phi) is 6.35. The van der Waals surface area contributed by atoms with Crippen molar-refractivity contribution in [2.75, 3.05) is 5.32 Å². The molecule has 34 heavy (non-hydrogen) atoms. The van der Waals surface area contributed by atoms with Gasteiger partial charge in [0.05, 0.1) is 45.5 Å². The normalized spacial score (nSPS) is 11.5. The van der Waals surface area contributed by atoms with E-state index in [-0.39, 0.29) is 43.8 Å². The molecule has 0 aliphatic carbocycles. The van der Waals surface area contributed by atoms with Crippen molar-refractivity contribution in [2.24, 2.45) is 0 Å². The van der Waals surface area contributed by atoms with Crippen molar-refractivity contribution in [3.8, 4) is 16.9 Å². The van der Waals surface area contributed by atoms with E-state index in [1.54, 1.807) is 0 Å². The van der Waals surface area contributed by atoms with Crippen LogP contribution in [0.1, 0.15) is 29.8 Å². The van der Waals surface area contributed by atoms with Gasteiger partial charge in [0.2, 0.25) is 0 Å². The van der Waals surface area contributed by atoms with Crippen LogP contribution >= 0.6 is 23.2 Å². The molecule has 4 aromatic rings. The van der Waals surface area contributed by atoms with Crippen molar-refractivity contribution < 1.29 is 18.7 Å². The molecule has 0 saturated heterocycles. The van der Waals surface area contributed by atoms with E-state index in [1.165, 1.54) is 55.4 Å². The van der Waals surface area contributed by atoms with Crippen molar-refractivity contribution in [3.63, 3.8) is 0 Å². The number of rotatable bonds is 5. The van der Waals surface area contributed by atoms with Crippen molar-refractivity contribution in [1.82, 2.24) is 20.0 Å². The van der Waals surface area contributed by atoms with E-state index in [4.69, 9.17) is 23.2 Å². The highest BCUT2D eigenvalue weighted by atomic mass is 35.5. The van der Waals surface area contributed by atoms with E-state index >= 15 is 4.39 Å². The molecule has 11 heteroatoms. The van der Waals surface area contributed by atoms with Crippen LogP contribution in [0.2, 0.25) is 10.0 Å². The average Bonchev–Trinajstić information content (AvgIpc) is 3.29. The van der Waals surface area contributed by atoms with Gasteiger partial charge in [0.15, 0.2) is 5.82 Å². The Bertz CT molecular complexity index is 1390. The lowest BCUT2D eigenvalue weighted by atomic mass is 9.89. The van der Waals surface area contributed by atoms with Gasteiger partial charge in [-0.2, -0.15) is 10.2 Å². The molecular weight excluding hydrogens is 487 g/mol. The Morgan fingerprint density at radius 2 is 1.74 bits per heavy atom. The zero-order valence-electron chi connectivity index (χ0n) is 17.9. The van der Waals surface area contributed by atoms with Crippen LogP contribution in [-0.2, 0) is 5.60 Å². The Hall–Kier alpha value is -3.40. The third-order valence-corrected chi connectivity index (χ3v) is 5.51. The fraction of sp³-hybridized carbons (Fsp3) is 0.130. The summed E-state index contributed by atoms with van der Waals surface area (Å²) < 4.78 is 28.9. The molecular formula is C23H17Cl2F2N5O2. The van der Waals surface area contributed by atoms with Crippen LogP contribution < -0.4 is 5.32 Å². The number of anilines is 1. The van der Waals surface area contributed by atoms with Crippen LogP contribution in [0.3, 0.4) is 0 Å². The van der Waals surface area contributed by atoms with Crippen LogP contribution in [-0.4, -0.2) is 31.0 Å². The number of halogens is 4. The van der Waals surface area contributed by atoms with E-state index in [9.17, 15) is 14.3 Å². The van der Waals surface area contributed by atoms with Crippen molar-refractivity contribution in [3.05, 3.63) is 87.8 Å². The summed E-state index contributed by atoms with van der Waals surface area (Å²) in [7, 11) is 0. The summed E-state index contributed by atoms with van der Waals surface area (Å²) in [4.78, 5) is 18.1. The van der Waals surface area contributed by atoms with Gasteiger partial charge in [0.25, 0.3) is 5.91 Å². The third-order valence-electron chi connectivity index (χ3n) is 4.92. The summed E-state index contributed by atoms with van der Waals surface area (Å²) in [6, 6.07) is 7.30. The molecule has 7 nitrogen and oxygen atoms in total. The van der Waals surface area contributed by atoms with Gasteiger partial charge in [0, 0.05) is 5.56 Å². The second kappa shape index (κ2) is 9.09. The number of hydrogen-bond acceptors (Lipinski definition) is 5. The first-order valence-electron chi connectivity index (χ1n) is 9.90. The van der Waals surface area contributed by atoms with Gasteiger partial charge >= 0.3 is 0 Å². The van der Waals surface area contributed by atoms with E-state index in [2.05, 4.69) is 20.5 Å². The molecule has 1 amide bonds. The highest BCUT2D eigenvalue weighted by Gasteiger charge is 2.24.